The number of nitrogens with one attached hydrogen (secondary N) is 1. The topological polar surface area (TPSA) is 42.2 Å². The number of anilines is 1. The zero-order valence-electron chi connectivity index (χ0n) is 12.7. The molecular formula is C18H16FNO2. The van der Waals surface area contributed by atoms with Crippen LogP contribution in [-0.4, -0.2) is 5.91 Å². The smallest absolute Gasteiger partial charge is 0.291 e. The molecule has 1 aromatic heterocycles. The van der Waals surface area contributed by atoms with Crippen molar-refractivity contribution in [1.29, 1.82) is 0 Å². The van der Waals surface area contributed by atoms with Crippen LogP contribution in [0.1, 0.15) is 27.2 Å². The van der Waals surface area contributed by atoms with Gasteiger partial charge in [-0.2, -0.15) is 0 Å². The van der Waals surface area contributed by atoms with E-state index >= 15 is 0 Å². The number of carbonyl (C=O) groups excluding carboxylic acids is 1. The van der Waals surface area contributed by atoms with Gasteiger partial charge in [-0.3, -0.25) is 4.79 Å². The monoisotopic (exact) mass is 297 g/mol. The fourth-order valence-corrected chi connectivity index (χ4v) is 2.48. The molecule has 1 N–H and O–H groups in total. The molecule has 0 fully saturated rings. The Morgan fingerprint density at radius 3 is 2.50 bits per heavy atom. The highest BCUT2D eigenvalue weighted by molar-refractivity contribution is 6.06. The molecule has 0 atom stereocenters. The summed E-state index contributed by atoms with van der Waals surface area (Å²) in [4.78, 5) is 12.4. The first-order chi connectivity index (χ1) is 10.5. The maximum Gasteiger partial charge on any atom is 0.291 e. The van der Waals surface area contributed by atoms with Crippen LogP contribution in [0.4, 0.5) is 10.1 Å². The fraction of sp³-hybridized carbons (Fsp3) is 0.167. The van der Waals surface area contributed by atoms with Crippen molar-refractivity contribution in [2.24, 2.45) is 0 Å². The van der Waals surface area contributed by atoms with Crippen LogP contribution in [0.2, 0.25) is 0 Å². The van der Waals surface area contributed by atoms with E-state index in [1.807, 2.05) is 32.9 Å². The van der Waals surface area contributed by atoms with Gasteiger partial charge < -0.3 is 9.73 Å². The maximum atomic E-state index is 13.6. The van der Waals surface area contributed by atoms with Crippen LogP contribution in [0.25, 0.3) is 11.0 Å². The fourth-order valence-electron chi connectivity index (χ4n) is 2.48. The third kappa shape index (κ3) is 2.26. The Hall–Kier alpha value is -2.62. The van der Waals surface area contributed by atoms with Gasteiger partial charge in [-0.05, 0) is 44.0 Å². The highest BCUT2D eigenvalue weighted by atomic mass is 19.1. The van der Waals surface area contributed by atoms with E-state index in [9.17, 15) is 9.18 Å². The summed E-state index contributed by atoms with van der Waals surface area (Å²) < 4.78 is 19.4. The van der Waals surface area contributed by atoms with E-state index in [0.29, 0.717) is 5.58 Å². The van der Waals surface area contributed by atoms with E-state index in [1.54, 1.807) is 12.1 Å². The van der Waals surface area contributed by atoms with Gasteiger partial charge in [0.05, 0.1) is 5.69 Å². The first-order valence-electron chi connectivity index (χ1n) is 7.04. The van der Waals surface area contributed by atoms with E-state index in [0.717, 1.165) is 22.1 Å². The molecule has 0 aliphatic carbocycles. The van der Waals surface area contributed by atoms with Gasteiger partial charge in [-0.15, -0.1) is 0 Å². The lowest BCUT2D eigenvalue weighted by molar-refractivity contribution is 0.0997. The second-order valence-corrected chi connectivity index (χ2v) is 5.37. The van der Waals surface area contributed by atoms with Crippen LogP contribution < -0.4 is 5.32 Å². The van der Waals surface area contributed by atoms with Gasteiger partial charge in [-0.25, -0.2) is 4.39 Å². The van der Waals surface area contributed by atoms with Crippen LogP contribution in [0.5, 0.6) is 0 Å². The zero-order chi connectivity index (χ0) is 15.9. The SMILES string of the molecule is Cc1ccc2c(C)c(C(=O)Nc3ccccc3F)oc2c1C. The molecule has 3 rings (SSSR count). The lowest BCUT2D eigenvalue weighted by Crippen LogP contribution is -2.13. The lowest BCUT2D eigenvalue weighted by atomic mass is 10.0. The Kier molecular flexibility index (Phi) is 3.45. The Balaban J connectivity index is 2.03. The third-order valence-electron chi connectivity index (χ3n) is 3.95. The molecule has 0 saturated heterocycles. The minimum absolute atomic E-state index is 0.139. The predicted octanol–water partition coefficient (Wildman–Crippen LogP) is 4.75. The van der Waals surface area contributed by atoms with Gasteiger partial charge in [0.25, 0.3) is 5.91 Å². The summed E-state index contributed by atoms with van der Waals surface area (Å²) in [5.41, 5.74) is 3.70. The molecule has 2 aromatic carbocycles. The molecule has 0 unspecified atom stereocenters. The van der Waals surface area contributed by atoms with E-state index in [-0.39, 0.29) is 11.4 Å². The summed E-state index contributed by atoms with van der Waals surface area (Å²) in [5, 5.41) is 3.46. The number of furan rings is 1. The number of fused-ring (bicyclic) bond motifs is 1. The zero-order valence-corrected chi connectivity index (χ0v) is 12.7. The first-order valence-corrected chi connectivity index (χ1v) is 7.04. The van der Waals surface area contributed by atoms with Crippen molar-refractivity contribution >= 4 is 22.6 Å². The second-order valence-electron chi connectivity index (χ2n) is 5.37. The van der Waals surface area contributed by atoms with Crippen LogP contribution in [0.15, 0.2) is 40.8 Å². The van der Waals surface area contributed by atoms with Crippen molar-refractivity contribution in [2.75, 3.05) is 5.32 Å². The molecule has 0 bridgehead atoms. The molecule has 4 heteroatoms. The van der Waals surface area contributed by atoms with Crippen molar-refractivity contribution in [3.63, 3.8) is 0 Å². The number of carbonyl (C=O) groups is 1. The summed E-state index contributed by atoms with van der Waals surface area (Å²) in [6, 6.07) is 9.99. The van der Waals surface area contributed by atoms with Crippen LogP contribution in [-0.2, 0) is 0 Å². The molecule has 3 nitrogen and oxygen atoms in total. The molecule has 3 aromatic rings. The summed E-state index contributed by atoms with van der Waals surface area (Å²) >= 11 is 0. The minimum Gasteiger partial charge on any atom is -0.450 e. The van der Waals surface area contributed by atoms with Gasteiger partial charge >= 0.3 is 0 Å². The summed E-state index contributed by atoms with van der Waals surface area (Å²) in [6.45, 7) is 5.78. The quantitative estimate of drug-likeness (QED) is 0.741. The molecule has 0 aliphatic rings. The van der Waals surface area contributed by atoms with E-state index < -0.39 is 11.7 Å². The Morgan fingerprint density at radius 2 is 1.77 bits per heavy atom. The third-order valence-corrected chi connectivity index (χ3v) is 3.95. The largest absolute Gasteiger partial charge is 0.450 e. The number of hydrogen-bond acceptors (Lipinski definition) is 2. The maximum absolute atomic E-state index is 13.6. The van der Waals surface area contributed by atoms with Crippen LogP contribution in [0, 0.1) is 26.6 Å². The Bertz CT molecular complexity index is 880. The van der Waals surface area contributed by atoms with E-state index in [1.165, 1.54) is 12.1 Å². The molecule has 0 radical (unpaired) electrons. The summed E-state index contributed by atoms with van der Waals surface area (Å²) in [5.74, 6) is -0.709. The molecular weight excluding hydrogens is 281 g/mol. The number of benzene rings is 2. The number of halogens is 1. The van der Waals surface area contributed by atoms with Gasteiger partial charge in [0.2, 0.25) is 0 Å². The van der Waals surface area contributed by atoms with Crippen molar-refractivity contribution < 1.29 is 13.6 Å². The highest BCUT2D eigenvalue weighted by Crippen LogP contribution is 2.30. The molecule has 0 spiro atoms. The van der Waals surface area contributed by atoms with Crippen LogP contribution >= 0.6 is 0 Å². The van der Waals surface area contributed by atoms with Crippen molar-refractivity contribution in [1.82, 2.24) is 0 Å². The lowest BCUT2D eigenvalue weighted by Gasteiger charge is -2.04. The minimum atomic E-state index is -0.475. The number of aryl methyl sites for hydroxylation is 3. The molecule has 0 saturated carbocycles. The van der Waals surface area contributed by atoms with E-state index in [2.05, 4.69) is 5.32 Å². The standard InChI is InChI=1S/C18H16FNO2/c1-10-8-9-13-12(3)17(22-16(13)11(10)2)18(21)20-15-7-5-4-6-14(15)19/h4-9H,1-3H3,(H,20,21). The average molecular weight is 297 g/mol. The number of para-hydroxylation sites is 1. The molecule has 22 heavy (non-hydrogen) atoms. The second kappa shape index (κ2) is 5.30. The van der Waals surface area contributed by atoms with Gasteiger partial charge in [0.1, 0.15) is 11.4 Å². The number of rotatable bonds is 2. The highest BCUT2D eigenvalue weighted by Gasteiger charge is 2.20. The van der Waals surface area contributed by atoms with Crippen LogP contribution in [0.3, 0.4) is 0 Å². The van der Waals surface area contributed by atoms with Gasteiger partial charge in [-0.1, -0.05) is 24.3 Å². The summed E-state index contributed by atoms with van der Waals surface area (Å²) in [7, 11) is 0. The van der Waals surface area contributed by atoms with Crippen molar-refractivity contribution in [3.05, 3.63) is 64.7 Å². The normalized spacial score (nSPS) is 10.9. The van der Waals surface area contributed by atoms with E-state index in [4.69, 9.17) is 4.42 Å². The van der Waals surface area contributed by atoms with Crippen molar-refractivity contribution in [2.45, 2.75) is 20.8 Å². The Labute approximate surface area is 127 Å². The number of amides is 1. The van der Waals surface area contributed by atoms with Gasteiger partial charge in [0.15, 0.2) is 5.76 Å². The molecule has 0 aliphatic heterocycles. The summed E-state index contributed by atoms with van der Waals surface area (Å²) in [6.07, 6.45) is 0. The molecule has 1 amide bonds. The predicted molar refractivity (Wildman–Crippen MR) is 84.8 cm³/mol. The molecule has 112 valence electrons. The van der Waals surface area contributed by atoms with Crippen molar-refractivity contribution in [3.8, 4) is 0 Å². The Morgan fingerprint density at radius 1 is 1.05 bits per heavy atom. The average Bonchev–Trinajstić information content (AvgIpc) is 2.83. The van der Waals surface area contributed by atoms with Gasteiger partial charge in [0, 0.05) is 10.9 Å². The number of hydrogen-bond donors (Lipinski definition) is 1. The first kappa shape index (κ1) is 14.3. The molecule has 1 heterocycles.